The molecule has 94 valence electrons. The van der Waals surface area contributed by atoms with Crippen molar-refractivity contribution >= 4 is 10.1 Å². The highest BCUT2D eigenvalue weighted by molar-refractivity contribution is 7.86. The average Bonchev–Trinajstić information content (AvgIpc) is 1.78. The first-order chi connectivity index (χ1) is 6.39. The zero-order chi connectivity index (χ0) is 12.9. The van der Waals surface area contributed by atoms with E-state index < -0.39 is 21.3 Å². The average molecular weight is 243 g/mol. The zero-order valence-corrected chi connectivity index (χ0v) is 10.6. The predicted octanol–water partition coefficient (Wildman–Crippen LogP) is -0.121. The van der Waals surface area contributed by atoms with E-state index >= 15 is 0 Å². The molecule has 0 fully saturated rings. The van der Waals surface area contributed by atoms with Gasteiger partial charge in [-0.25, -0.2) is 0 Å². The Hall–Kier alpha value is -0.210. The Morgan fingerprint density at radius 3 is 1.53 bits per heavy atom. The molecule has 0 aliphatic carbocycles. The van der Waals surface area contributed by atoms with Gasteiger partial charge in [-0.3, -0.25) is 9.45 Å². The van der Waals surface area contributed by atoms with Gasteiger partial charge in [0, 0.05) is 0 Å². The summed E-state index contributed by atoms with van der Waals surface area (Å²) in [6.07, 6.45) is 0.395. The van der Waals surface area contributed by atoms with Crippen LogP contribution in [0.15, 0.2) is 0 Å². The number of rotatable bonds is 3. The zero-order valence-electron chi connectivity index (χ0n) is 9.80. The third-order valence-electron chi connectivity index (χ3n) is 1.27. The molecular formula is C8H21NO5S. The van der Waals surface area contributed by atoms with Crippen molar-refractivity contribution < 1.29 is 23.2 Å². The number of nitrogens with zero attached hydrogens (tertiary/aromatic N) is 1. The topological polar surface area (TPSA) is 98.1 Å². The maximum atomic E-state index is 10.5. The second-order valence-electron chi connectivity index (χ2n) is 3.84. The van der Waals surface area contributed by atoms with E-state index in [1.807, 2.05) is 0 Å². The Morgan fingerprint density at radius 2 is 1.53 bits per heavy atom. The summed E-state index contributed by atoms with van der Waals surface area (Å²) in [5, 5.41) is 15.4. The first-order valence-corrected chi connectivity index (χ1v) is 5.97. The molecule has 0 spiro atoms. The number of hydrogen-bond acceptors (Lipinski definition) is 5. The fourth-order valence-electron chi connectivity index (χ4n) is 0.842. The summed E-state index contributed by atoms with van der Waals surface area (Å²) >= 11 is 0. The second-order valence-corrected chi connectivity index (χ2v) is 5.41. The molecule has 6 nitrogen and oxygen atoms in total. The number of aliphatic hydroxyl groups is 2. The fourth-order valence-corrected chi connectivity index (χ4v) is 1.80. The van der Waals surface area contributed by atoms with E-state index in [4.69, 9.17) is 14.8 Å². The molecule has 0 rings (SSSR count). The quantitative estimate of drug-likeness (QED) is 0.472. The lowest BCUT2D eigenvalue weighted by molar-refractivity contribution is -0.127. The lowest BCUT2D eigenvalue weighted by Gasteiger charge is -2.18. The van der Waals surface area contributed by atoms with Gasteiger partial charge in [0.2, 0.25) is 0 Å². The van der Waals surface area contributed by atoms with Gasteiger partial charge in [0.15, 0.2) is 5.79 Å². The van der Waals surface area contributed by atoms with Crippen LogP contribution in [-0.4, -0.2) is 53.3 Å². The maximum Gasteiger partial charge on any atom is 0.281 e. The molecule has 15 heavy (non-hydrogen) atoms. The minimum Gasteiger partial charge on any atom is -0.366 e. The molecule has 0 saturated heterocycles. The smallest absolute Gasteiger partial charge is 0.281 e. The highest BCUT2D eigenvalue weighted by Gasteiger charge is 2.22. The fraction of sp³-hybridized carbons (Fsp3) is 1.00. The molecule has 0 aromatic rings. The molecular weight excluding hydrogens is 222 g/mol. The second kappa shape index (κ2) is 6.39. The predicted molar refractivity (Wildman–Crippen MR) is 57.8 cm³/mol. The van der Waals surface area contributed by atoms with Crippen LogP contribution < -0.4 is 0 Å². The van der Waals surface area contributed by atoms with Crippen LogP contribution >= 0.6 is 0 Å². The van der Waals surface area contributed by atoms with Crippen LogP contribution in [0, 0.1) is 0 Å². The minimum absolute atomic E-state index is 0.395. The van der Waals surface area contributed by atoms with Crippen molar-refractivity contribution in [3.63, 3.8) is 0 Å². The molecule has 1 unspecified atom stereocenters. The first-order valence-electron chi connectivity index (χ1n) is 4.47. The van der Waals surface area contributed by atoms with Gasteiger partial charge >= 0.3 is 0 Å². The highest BCUT2D eigenvalue weighted by atomic mass is 32.2. The minimum atomic E-state index is -3.89. The van der Waals surface area contributed by atoms with Crippen molar-refractivity contribution in [3.05, 3.63) is 0 Å². The van der Waals surface area contributed by atoms with Gasteiger partial charge in [-0.05, 0) is 34.4 Å². The SMILES string of the molecule is CC(C)(O)O.CCC(N(C)C)S(=O)(=O)O. The van der Waals surface area contributed by atoms with E-state index in [2.05, 4.69) is 0 Å². The molecule has 7 heteroatoms. The number of hydrogen-bond donors (Lipinski definition) is 3. The van der Waals surface area contributed by atoms with Crippen molar-refractivity contribution in [2.75, 3.05) is 14.1 Å². The highest BCUT2D eigenvalue weighted by Crippen LogP contribution is 2.05. The first kappa shape index (κ1) is 17.2. The van der Waals surface area contributed by atoms with E-state index in [9.17, 15) is 8.42 Å². The molecule has 0 aliphatic rings. The standard InChI is InChI=1S/C5H13NO3S.C3H8O2/c1-4-5(6(2)3)10(7,8)9;1-3(2,4)5/h5H,4H2,1-3H3,(H,7,8,9);4-5H,1-2H3. The largest absolute Gasteiger partial charge is 0.366 e. The van der Waals surface area contributed by atoms with Gasteiger partial charge in [-0.2, -0.15) is 8.42 Å². The Balaban J connectivity index is 0. The normalized spacial score (nSPS) is 14.5. The Morgan fingerprint density at radius 1 is 1.27 bits per heavy atom. The lowest BCUT2D eigenvalue weighted by Crippen LogP contribution is -2.34. The summed E-state index contributed by atoms with van der Waals surface area (Å²) in [5.74, 6) is -1.50. The summed E-state index contributed by atoms with van der Waals surface area (Å²) in [4.78, 5) is 1.47. The summed E-state index contributed by atoms with van der Waals surface area (Å²) < 4.78 is 29.6. The van der Waals surface area contributed by atoms with Crippen molar-refractivity contribution in [3.8, 4) is 0 Å². The lowest BCUT2D eigenvalue weighted by atomic mass is 10.4. The van der Waals surface area contributed by atoms with Gasteiger partial charge in [0.05, 0.1) is 0 Å². The molecule has 1 atom stereocenters. The van der Waals surface area contributed by atoms with Crippen LogP contribution in [0.25, 0.3) is 0 Å². The summed E-state index contributed by atoms with van der Waals surface area (Å²) in [7, 11) is -0.662. The van der Waals surface area contributed by atoms with Gasteiger partial charge < -0.3 is 10.2 Å². The summed E-state index contributed by atoms with van der Waals surface area (Å²) in [5.41, 5.74) is 0. The van der Waals surface area contributed by atoms with Crippen LogP contribution in [0.2, 0.25) is 0 Å². The van der Waals surface area contributed by atoms with E-state index in [0.717, 1.165) is 0 Å². The summed E-state index contributed by atoms with van der Waals surface area (Å²) in [6, 6.07) is 0. The van der Waals surface area contributed by atoms with Crippen LogP contribution in [0.5, 0.6) is 0 Å². The van der Waals surface area contributed by atoms with Crippen molar-refractivity contribution in [2.24, 2.45) is 0 Å². The van der Waals surface area contributed by atoms with Gasteiger partial charge in [0.1, 0.15) is 5.37 Å². The van der Waals surface area contributed by atoms with Gasteiger partial charge in [0.25, 0.3) is 10.1 Å². The monoisotopic (exact) mass is 243 g/mol. The maximum absolute atomic E-state index is 10.5. The van der Waals surface area contributed by atoms with Crippen LogP contribution in [0.4, 0.5) is 0 Å². The third kappa shape index (κ3) is 13.8. The molecule has 0 heterocycles. The molecule has 0 bridgehead atoms. The molecule has 0 aromatic carbocycles. The van der Waals surface area contributed by atoms with E-state index in [0.29, 0.717) is 6.42 Å². The Bertz CT molecular complexity index is 249. The van der Waals surface area contributed by atoms with Crippen molar-refractivity contribution in [2.45, 2.75) is 38.4 Å². The molecule has 0 saturated carbocycles. The van der Waals surface area contributed by atoms with Crippen molar-refractivity contribution in [1.29, 1.82) is 0 Å². The van der Waals surface area contributed by atoms with E-state index in [-0.39, 0.29) is 0 Å². The van der Waals surface area contributed by atoms with Gasteiger partial charge in [-0.1, -0.05) is 6.92 Å². The molecule has 0 amide bonds. The molecule has 0 radical (unpaired) electrons. The Labute approximate surface area is 91.3 Å². The summed E-state index contributed by atoms with van der Waals surface area (Å²) in [6.45, 7) is 4.30. The Kier molecular flexibility index (Phi) is 7.32. The van der Waals surface area contributed by atoms with E-state index in [1.54, 1.807) is 21.0 Å². The van der Waals surface area contributed by atoms with Crippen molar-refractivity contribution in [1.82, 2.24) is 4.90 Å². The molecule has 3 N–H and O–H groups in total. The van der Waals surface area contributed by atoms with E-state index in [1.165, 1.54) is 18.7 Å². The van der Waals surface area contributed by atoms with Crippen LogP contribution in [0.1, 0.15) is 27.2 Å². The van der Waals surface area contributed by atoms with Crippen LogP contribution in [0.3, 0.4) is 0 Å². The van der Waals surface area contributed by atoms with Crippen LogP contribution in [-0.2, 0) is 10.1 Å². The third-order valence-corrected chi connectivity index (χ3v) is 2.71. The van der Waals surface area contributed by atoms with Gasteiger partial charge in [-0.15, -0.1) is 0 Å². The molecule has 0 aliphatic heterocycles. The molecule has 0 aromatic heterocycles.